The van der Waals surface area contributed by atoms with Crippen LogP contribution in [0.1, 0.15) is 0 Å². The van der Waals surface area contributed by atoms with E-state index < -0.39 is 5.09 Å². The molecule has 0 spiro atoms. The van der Waals surface area contributed by atoms with Crippen molar-refractivity contribution in [3.8, 4) is 0 Å². The molecule has 0 aliphatic rings. The Balaban J connectivity index is 0. The maximum absolute atomic E-state index is 8.25. The Morgan fingerprint density at radius 3 is 1.80 bits per heavy atom. The van der Waals surface area contributed by atoms with Gasteiger partial charge in [0.1, 0.15) is 6.54 Å². The van der Waals surface area contributed by atoms with Gasteiger partial charge in [-0.2, -0.15) is 0 Å². The molecule has 10 heavy (non-hydrogen) atoms. The quantitative estimate of drug-likeness (QED) is 0.350. The van der Waals surface area contributed by atoms with E-state index in [9.17, 15) is 0 Å². The minimum atomic E-state index is -1.75. The fourth-order valence-electron chi connectivity index (χ4n) is 0.224. The fraction of sp³-hybridized carbons (Fsp3) is 1.00. The minimum Gasteiger partial charge on any atom is -0.391 e. The number of nitrogens with one attached hydrogen (secondary N) is 1. The predicted octanol–water partition coefficient (Wildman–Crippen LogP) is -2.12. The van der Waals surface area contributed by atoms with Crippen molar-refractivity contribution in [2.75, 3.05) is 27.2 Å². The summed E-state index contributed by atoms with van der Waals surface area (Å²) in [5.74, 6) is 0. The first-order valence-electron chi connectivity index (χ1n) is 2.72. The second-order valence-electron chi connectivity index (χ2n) is 1.90. The van der Waals surface area contributed by atoms with Crippen molar-refractivity contribution in [2.45, 2.75) is 0 Å². The maximum atomic E-state index is 8.25. The average Bonchev–Trinajstić information content (AvgIpc) is 1.62. The van der Waals surface area contributed by atoms with E-state index in [0.717, 1.165) is 6.54 Å². The van der Waals surface area contributed by atoms with Crippen LogP contribution in [0.3, 0.4) is 0 Å². The highest BCUT2D eigenvalue weighted by Crippen LogP contribution is 1.44. The molecule has 62 valence electrons. The summed E-state index contributed by atoms with van der Waals surface area (Å²) in [4.78, 5) is 9.54. The molecule has 0 aromatic rings. The molecule has 0 aromatic heterocycles. The van der Waals surface area contributed by atoms with E-state index in [1.54, 1.807) is 0 Å². The zero-order valence-corrected chi connectivity index (χ0v) is 6.03. The maximum Gasteiger partial charge on any atom is 0.100 e. The molecule has 0 heterocycles. The second-order valence-corrected chi connectivity index (χ2v) is 1.90. The first-order valence-corrected chi connectivity index (χ1v) is 2.72. The van der Waals surface area contributed by atoms with Crippen LogP contribution in [0.5, 0.6) is 0 Å². The summed E-state index contributed by atoms with van der Waals surface area (Å²) in [5, 5.41) is 23.0. The molecule has 0 unspecified atom stereocenters. The highest BCUT2D eigenvalue weighted by molar-refractivity contribution is 4.10. The summed E-state index contributed by atoms with van der Waals surface area (Å²) in [6.45, 7) is 1.14. The largest absolute Gasteiger partial charge is 0.391 e. The number of likely N-dealkylation sites (N-methyl/N-ethyl adjacent to an activating group) is 1. The van der Waals surface area contributed by atoms with Crippen molar-refractivity contribution in [1.82, 2.24) is 0 Å². The normalized spacial score (nSPS) is 8.40. The Morgan fingerprint density at radius 1 is 1.50 bits per heavy atom. The number of rotatable bonds is 2. The number of aliphatic hydroxyl groups is 1. The molecule has 2 N–H and O–H groups in total. The van der Waals surface area contributed by atoms with Gasteiger partial charge in [-0.25, -0.2) is 0 Å². The van der Waals surface area contributed by atoms with E-state index in [2.05, 4.69) is 0 Å². The topological polar surface area (TPSA) is 90.9 Å². The summed E-state index contributed by atoms with van der Waals surface area (Å²) in [7, 11) is 4.02. The SMILES string of the molecule is C[NH+](C)CCO.O=[N+]([O-])[O-]. The van der Waals surface area contributed by atoms with Gasteiger partial charge in [-0.3, -0.25) is 0 Å². The van der Waals surface area contributed by atoms with Gasteiger partial charge in [0.15, 0.2) is 0 Å². The third-order valence-corrected chi connectivity index (χ3v) is 0.612. The van der Waals surface area contributed by atoms with Gasteiger partial charge in [-0.15, -0.1) is 0 Å². The van der Waals surface area contributed by atoms with Gasteiger partial charge in [0, 0.05) is 0 Å². The third-order valence-electron chi connectivity index (χ3n) is 0.612. The first-order chi connectivity index (χ1) is 4.50. The molecule has 0 amide bonds. The van der Waals surface area contributed by atoms with Gasteiger partial charge in [0.25, 0.3) is 0 Å². The first kappa shape index (κ1) is 11.9. The van der Waals surface area contributed by atoms with Gasteiger partial charge < -0.3 is 25.3 Å². The minimum absolute atomic E-state index is 0.294. The summed E-state index contributed by atoms with van der Waals surface area (Å²) in [5.41, 5.74) is 0. The van der Waals surface area contributed by atoms with Crippen LogP contribution in [0.25, 0.3) is 0 Å². The van der Waals surface area contributed by atoms with E-state index in [1.165, 1.54) is 4.90 Å². The van der Waals surface area contributed by atoms with Crippen LogP contribution >= 0.6 is 0 Å². The Kier molecular flexibility index (Phi) is 9.63. The van der Waals surface area contributed by atoms with Crippen molar-refractivity contribution in [3.63, 3.8) is 0 Å². The van der Waals surface area contributed by atoms with E-state index in [-0.39, 0.29) is 0 Å². The summed E-state index contributed by atoms with van der Waals surface area (Å²) >= 11 is 0. The Labute approximate surface area is 58.8 Å². The third kappa shape index (κ3) is 59.3. The molecule has 0 radical (unpaired) electrons. The molecular weight excluding hydrogens is 140 g/mol. The molecule has 0 bridgehead atoms. The number of aliphatic hydroxyl groups excluding tert-OH is 1. The van der Waals surface area contributed by atoms with Crippen molar-refractivity contribution < 1.29 is 15.1 Å². The van der Waals surface area contributed by atoms with Crippen molar-refractivity contribution in [2.24, 2.45) is 0 Å². The van der Waals surface area contributed by atoms with Crippen LogP contribution in [0.2, 0.25) is 0 Å². The highest BCUT2D eigenvalue weighted by Gasteiger charge is 1.84. The number of hydrogen-bond acceptors (Lipinski definition) is 4. The van der Waals surface area contributed by atoms with Crippen LogP contribution in [-0.2, 0) is 0 Å². The van der Waals surface area contributed by atoms with Gasteiger partial charge in [-0.05, 0) is 0 Å². The summed E-state index contributed by atoms with van der Waals surface area (Å²) < 4.78 is 0. The van der Waals surface area contributed by atoms with Crippen LogP contribution < -0.4 is 4.90 Å². The lowest BCUT2D eigenvalue weighted by Gasteiger charge is -2.00. The van der Waals surface area contributed by atoms with Gasteiger partial charge in [0.05, 0.1) is 25.8 Å². The summed E-state index contributed by atoms with van der Waals surface area (Å²) in [6, 6.07) is 0. The molecule has 0 fully saturated rings. The summed E-state index contributed by atoms with van der Waals surface area (Å²) in [6.07, 6.45) is 0. The van der Waals surface area contributed by atoms with Crippen LogP contribution in [0.4, 0.5) is 0 Å². The van der Waals surface area contributed by atoms with E-state index >= 15 is 0 Å². The molecule has 0 saturated carbocycles. The van der Waals surface area contributed by atoms with Crippen molar-refractivity contribution in [3.05, 3.63) is 15.3 Å². The molecule has 0 aliphatic heterocycles. The van der Waals surface area contributed by atoms with Gasteiger partial charge in [0.2, 0.25) is 0 Å². The van der Waals surface area contributed by atoms with Gasteiger partial charge in [-0.1, -0.05) is 0 Å². The lowest BCUT2D eigenvalue weighted by atomic mass is 10.6. The lowest BCUT2D eigenvalue weighted by Crippen LogP contribution is -3.06. The smallest absolute Gasteiger partial charge is 0.100 e. The second kappa shape index (κ2) is 8.12. The number of hydrogen-bond donors (Lipinski definition) is 2. The monoisotopic (exact) mass is 152 g/mol. The Hall–Kier alpha value is -0.880. The number of quaternary nitrogens is 1. The molecule has 0 aliphatic carbocycles. The van der Waals surface area contributed by atoms with E-state index in [0.29, 0.717) is 6.61 Å². The zero-order valence-electron chi connectivity index (χ0n) is 6.03. The molecule has 0 saturated heterocycles. The van der Waals surface area contributed by atoms with Crippen LogP contribution in [-0.4, -0.2) is 37.4 Å². The number of nitrogens with zero attached hydrogens (tertiary/aromatic N) is 1. The van der Waals surface area contributed by atoms with Crippen molar-refractivity contribution in [1.29, 1.82) is 0 Å². The Morgan fingerprint density at radius 2 is 1.80 bits per heavy atom. The molecule has 0 atom stereocenters. The molecule has 6 nitrogen and oxygen atoms in total. The van der Waals surface area contributed by atoms with Crippen molar-refractivity contribution >= 4 is 0 Å². The van der Waals surface area contributed by atoms with E-state index in [4.69, 9.17) is 20.4 Å². The standard InChI is InChI=1S/C4H11NO.NO3/c1-5(2)3-4-6;2-1(3)4/h6H,3-4H2,1-2H3;/q;-1/p+1. The van der Waals surface area contributed by atoms with E-state index in [1.807, 2.05) is 14.1 Å². The zero-order chi connectivity index (χ0) is 8.57. The van der Waals surface area contributed by atoms with Crippen LogP contribution in [0.15, 0.2) is 0 Å². The lowest BCUT2D eigenvalue weighted by molar-refractivity contribution is -0.858. The highest BCUT2D eigenvalue weighted by atomic mass is 16.9. The molecule has 0 aromatic carbocycles. The molecule has 6 heteroatoms. The molecular formula is C4H12N2O4. The average molecular weight is 152 g/mol. The molecule has 0 rings (SSSR count). The van der Waals surface area contributed by atoms with Crippen LogP contribution in [0, 0.1) is 15.3 Å². The fourth-order valence-corrected chi connectivity index (χ4v) is 0.224. The Bertz CT molecular complexity index is 81.3. The predicted molar refractivity (Wildman–Crippen MR) is 35.1 cm³/mol. The van der Waals surface area contributed by atoms with Gasteiger partial charge >= 0.3 is 0 Å².